The molecule has 0 unspecified atom stereocenters. The molecular formula is C28H36N4O3S. The van der Waals surface area contributed by atoms with Crippen molar-refractivity contribution in [2.45, 2.75) is 44.4 Å². The number of aromatic amines is 1. The van der Waals surface area contributed by atoms with Crippen molar-refractivity contribution in [1.29, 1.82) is 0 Å². The minimum Gasteiger partial charge on any atom is -0.366 e. The molecule has 36 heavy (non-hydrogen) atoms. The van der Waals surface area contributed by atoms with Crippen molar-refractivity contribution < 1.29 is 13.2 Å². The van der Waals surface area contributed by atoms with E-state index in [2.05, 4.69) is 16.0 Å². The van der Waals surface area contributed by atoms with Crippen LogP contribution in [0, 0.1) is 0 Å². The van der Waals surface area contributed by atoms with Crippen molar-refractivity contribution in [2.24, 2.45) is 5.73 Å². The third-order valence-electron chi connectivity index (χ3n) is 7.85. The highest BCUT2D eigenvalue weighted by molar-refractivity contribution is 7.89. The highest BCUT2D eigenvalue weighted by Gasteiger charge is 2.30. The Balaban J connectivity index is 1.31. The van der Waals surface area contributed by atoms with Crippen LogP contribution in [0.2, 0.25) is 0 Å². The molecule has 2 aromatic carbocycles. The van der Waals surface area contributed by atoms with Crippen LogP contribution in [0.5, 0.6) is 0 Å². The van der Waals surface area contributed by atoms with Crippen molar-refractivity contribution in [1.82, 2.24) is 14.2 Å². The predicted molar refractivity (Wildman–Crippen MR) is 144 cm³/mol. The van der Waals surface area contributed by atoms with E-state index in [1.165, 1.54) is 25.7 Å². The highest BCUT2D eigenvalue weighted by atomic mass is 32.2. The number of sulfonamides is 1. The summed E-state index contributed by atoms with van der Waals surface area (Å²) in [6.45, 7) is 3.71. The molecule has 2 fully saturated rings. The van der Waals surface area contributed by atoms with Gasteiger partial charge in [-0.1, -0.05) is 43.2 Å². The maximum atomic E-state index is 13.1. The molecular weight excluding hydrogens is 472 g/mol. The third-order valence-corrected chi connectivity index (χ3v) is 9.70. The Labute approximate surface area is 213 Å². The fourth-order valence-electron chi connectivity index (χ4n) is 5.76. The van der Waals surface area contributed by atoms with E-state index in [-0.39, 0.29) is 11.7 Å². The van der Waals surface area contributed by atoms with Crippen molar-refractivity contribution >= 4 is 26.8 Å². The zero-order valence-corrected chi connectivity index (χ0v) is 21.6. The molecule has 2 aliphatic heterocycles. The van der Waals surface area contributed by atoms with Gasteiger partial charge < -0.3 is 15.6 Å². The van der Waals surface area contributed by atoms with Crippen molar-refractivity contribution in [3.63, 3.8) is 0 Å². The van der Waals surface area contributed by atoms with Crippen LogP contribution in [0.1, 0.15) is 60.4 Å². The quantitative estimate of drug-likeness (QED) is 0.496. The molecule has 3 heterocycles. The van der Waals surface area contributed by atoms with Crippen LogP contribution in [0.3, 0.4) is 0 Å². The minimum atomic E-state index is -3.27. The number of aromatic nitrogens is 1. The van der Waals surface area contributed by atoms with E-state index < -0.39 is 15.9 Å². The summed E-state index contributed by atoms with van der Waals surface area (Å²) in [5.74, 6) is -0.0354. The fourth-order valence-corrected chi connectivity index (χ4v) is 7.27. The van der Waals surface area contributed by atoms with Crippen LogP contribution >= 0.6 is 0 Å². The second kappa shape index (κ2) is 10.7. The second-order valence-corrected chi connectivity index (χ2v) is 12.3. The zero-order valence-electron chi connectivity index (χ0n) is 20.8. The lowest BCUT2D eigenvalue weighted by atomic mass is 9.88. The van der Waals surface area contributed by atoms with Gasteiger partial charge in [-0.15, -0.1) is 0 Å². The number of amides is 1. The normalized spacial score (nSPS) is 18.9. The first-order valence-corrected chi connectivity index (χ1v) is 14.7. The molecule has 0 atom stereocenters. The monoisotopic (exact) mass is 508 g/mol. The van der Waals surface area contributed by atoms with Gasteiger partial charge >= 0.3 is 0 Å². The van der Waals surface area contributed by atoms with Crippen LogP contribution in [-0.2, 0) is 10.0 Å². The standard InChI is InChI=1S/C28H36N4O3S/c29-28(33)25-19-23(21-8-4-3-5-9-21)18-24-26(20-30-27(24)25)22-10-14-32(15-11-22)36(34,35)17-16-31-12-6-1-2-7-13-31/h3-5,8-9,18-20,22,30H,1-2,6-7,10-17H2,(H2,29,33). The molecule has 0 saturated carbocycles. The Kier molecular flexibility index (Phi) is 7.46. The highest BCUT2D eigenvalue weighted by Crippen LogP contribution is 2.37. The van der Waals surface area contributed by atoms with Gasteiger partial charge in [0.1, 0.15) is 0 Å². The fraction of sp³-hybridized carbons (Fsp3) is 0.464. The number of nitrogens with two attached hydrogens (primary N) is 1. The Morgan fingerprint density at radius 1 is 0.944 bits per heavy atom. The number of hydrogen-bond acceptors (Lipinski definition) is 4. The summed E-state index contributed by atoms with van der Waals surface area (Å²) in [5, 5.41) is 0.993. The summed E-state index contributed by atoms with van der Waals surface area (Å²) in [7, 11) is -3.27. The lowest BCUT2D eigenvalue weighted by Crippen LogP contribution is -2.42. The number of piperidine rings is 1. The second-order valence-electron chi connectivity index (χ2n) is 10.2. The van der Waals surface area contributed by atoms with E-state index in [1.54, 1.807) is 4.31 Å². The van der Waals surface area contributed by atoms with Gasteiger partial charge in [-0.2, -0.15) is 0 Å². The Morgan fingerprint density at radius 3 is 2.31 bits per heavy atom. The van der Waals surface area contributed by atoms with E-state index in [0.717, 1.165) is 53.5 Å². The minimum absolute atomic E-state index is 0.202. The van der Waals surface area contributed by atoms with Crippen molar-refractivity contribution in [3.8, 4) is 11.1 Å². The molecule has 8 heteroatoms. The van der Waals surface area contributed by atoms with Gasteiger partial charge in [-0.05, 0) is 73.5 Å². The Morgan fingerprint density at radius 2 is 1.64 bits per heavy atom. The number of nitrogens with one attached hydrogen (secondary N) is 1. The molecule has 0 aliphatic carbocycles. The number of hydrogen-bond donors (Lipinski definition) is 2. The van der Waals surface area contributed by atoms with E-state index in [1.807, 2.05) is 42.6 Å². The topological polar surface area (TPSA) is 99.5 Å². The number of H-pyrrole nitrogens is 1. The lowest BCUT2D eigenvalue weighted by molar-refractivity contribution is 0.100. The number of carbonyl (C=O) groups is 1. The lowest BCUT2D eigenvalue weighted by Gasteiger charge is -2.32. The summed E-state index contributed by atoms with van der Waals surface area (Å²) < 4.78 is 27.8. The summed E-state index contributed by atoms with van der Waals surface area (Å²) in [6.07, 6.45) is 8.32. The van der Waals surface area contributed by atoms with E-state index >= 15 is 0 Å². The van der Waals surface area contributed by atoms with Crippen LogP contribution in [0.25, 0.3) is 22.0 Å². The average Bonchev–Trinajstić information content (AvgIpc) is 3.14. The van der Waals surface area contributed by atoms with Gasteiger partial charge in [0.2, 0.25) is 10.0 Å². The Bertz CT molecular complexity index is 1300. The molecule has 3 N–H and O–H groups in total. The summed E-state index contributed by atoms with van der Waals surface area (Å²) in [4.78, 5) is 17.8. The first-order chi connectivity index (χ1) is 17.4. The first-order valence-electron chi connectivity index (χ1n) is 13.1. The Hall–Kier alpha value is -2.68. The van der Waals surface area contributed by atoms with Crippen molar-refractivity contribution in [2.75, 3.05) is 38.5 Å². The zero-order chi connectivity index (χ0) is 25.1. The number of benzene rings is 2. The SMILES string of the molecule is NC(=O)c1cc(-c2ccccc2)cc2c(C3CCN(S(=O)(=O)CCN4CCCCCC4)CC3)c[nH]c12. The number of carbonyl (C=O) groups excluding carboxylic acids is 1. The van der Waals surface area contributed by atoms with E-state index in [9.17, 15) is 13.2 Å². The van der Waals surface area contributed by atoms with E-state index in [0.29, 0.717) is 25.2 Å². The molecule has 2 saturated heterocycles. The number of fused-ring (bicyclic) bond motifs is 1. The van der Waals surface area contributed by atoms with Gasteiger partial charge in [0.15, 0.2) is 0 Å². The average molecular weight is 509 g/mol. The van der Waals surface area contributed by atoms with Crippen LogP contribution in [-0.4, -0.2) is 67.0 Å². The summed E-state index contributed by atoms with van der Waals surface area (Å²) in [6, 6.07) is 13.9. The molecule has 1 aromatic heterocycles. The maximum Gasteiger partial charge on any atom is 0.250 e. The number of likely N-dealkylation sites (tertiary alicyclic amines) is 1. The molecule has 192 valence electrons. The molecule has 2 aliphatic rings. The molecule has 7 nitrogen and oxygen atoms in total. The van der Waals surface area contributed by atoms with Gasteiger partial charge in [0, 0.05) is 31.2 Å². The number of nitrogens with zero attached hydrogens (tertiary/aromatic N) is 2. The maximum absolute atomic E-state index is 13.1. The summed E-state index contributed by atoms with van der Waals surface area (Å²) in [5.41, 5.74) is 10.1. The summed E-state index contributed by atoms with van der Waals surface area (Å²) >= 11 is 0. The predicted octanol–water partition coefficient (Wildman–Crippen LogP) is 4.32. The molecule has 0 spiro atoms. The smallest absolute Gasteiger partial charge is 0.250 e. The van der Waals surface area contributed by atoms with E-state index in [4.69, 9.17) is 5.73 Å². The largest absolute Gasteiger partial charge is 0.366 e. The molecule has 1 amide bonds. The van der Waals surface area contributed by atoms with Gasteiger partial charge in [0.25, 0.3) is 5.91 Å². The first kappa shape index (κ1) is 25.0. The van der Waals surface area contributed by atoms with Crippen LogP contribution in [0.15, 0.2) is 48.7 Å². The van der Waals surface area contributed by atoms with Crippen LogP contribution in [0.4, 0.5) is 0 Å². The van der Waals surface area contributed by atoms with Crippen molar-refractivity contribution in [3.05, 3.63) is 59.8 Å². The van der Waals surface area contributed by atoms with Crippen LogP contribution < -0.4 is 5.73 Å². The molecule has 5 rings (SSSR count). The number of rotatable bonds is 7. The van der Waals surface area contributed by atoms with Gasteiger partial charge in [-0.25, -0.2) is 12.7 Å². The molecule has 0 bridgehead atoms. The van der Waals surface area contributed by atoms with Gasteiger partial charge in [0.05, 0.1) is 16.8 Å². The third kappa shape index (κ3) is 5.36. The number of primary amides is 1. The molecule has 0 radical (unpaired) electrons. The van der Waals surface area contributed by atoms with Gasteiger partial charge in [-0.3, -0.25) is 4.79 Å². The molecule has 3 aromatic rings.